The molecule has 2 saturated carbocycles. The summed E-state index contributed by atoms with van der Waals surface area (Å²) in [7, 11) is 0. The molecule has 3 fully saturated rings. The summed E-state index contributed by atoms with van der Waals surface area (Å²) in [6.07, 6.45) is 5.37. The van der Waals surface area contributed by atoms with Gasteiger partial charge in [0.15, 0.2) is 0 Å². The van der Waals surface area contributed by atoms with E-state index in [9.17, 15) is 4.79 Å². The van der Waals surface area contributed by atoms with Gasteiger partial charge in [0.05, 0.1) is 0 Å². The van der Waals surface area contributed by atoms with Crippen LogP contribution in [0.5, 0.6) is 0 Å². The maximum absolute atomic E-state index is 12.0. The van der Waals surface area contributed by atoms with Crippen molar-refractivity contribution in [1.29, 1.82) is 0 Å². The molecular formula is C11H16OS. The average Bonchev–Trinajstić information content (AvgIpc) is 2.59. The van der Waals surface area contributed by atoms with E-state index in [1.54, 1.807) is 0 Å². The summed E-state index contributed by atoms with van der Waals surface area (Å²) >= 11 is 1.93. The lowest BCUT2D eigenvalue weighted by Gasteiger charge is -2.29. The Kier molecular flexibility index (Phi) is 1.93. The highest BCUT2D eigenvalue weighted by molar-refractivity contribution is 8.00. The third kappa shape index (κ3) is 1.25. The van der Waals surface area contributed by atoms with Gasteiger partial charge in [0.2, 0.25) is 0 Å². The van der Waals surface area contributed by atoms with Gasteiger partial charge in [0.25, 0.3) is 0 Å². The van der Waals surface area contributed by atoms with Crippen LogP contribution >= 0.6 is 11.8 Å². The molecule has 3 aliphatic rings. The van der Waals surface area contributed by atoms with E-state index in [0.29, 0.717) is 17.6 Å². The van der Waals surface area contributed by atoms with Gasteiger partial charge in [-0.2, -0.15) is 11.8 Å². The molecule has 0 radical (unpaired) electrons. The van der Waals surface area contributed by atoms with Gasteiger partial charge in [0, 0.05) is 23.3 Å². The molecule has 0 amide bonds. The predicted molar refractivity (Wildman–Crippen MR) is 54.8 cm³/mol. The number of fused-ring (bicyclic) bond motifs is 2. The highest BCUT2D eigenvalue weighted by Gasteiger charge is 2.45. The van der Waals surface area contributed by atoms with Crippen LogP contribution in [-0.4, -0.2) is 17.3 Å². The summed E-state index contributed by atoms with van der Waals surface area (Å²) in [6, 6.07) is 0. The van der Waals surface area contributed by atoms with E-state index in [4.69, 9.17) is 0 Å². The SMILES string of the molecule is O=C(C1CSC1)C1CC2CCC1C2. The van der Waals surface area contributed by atoms with Gasteiger partial charge < -0.3 is 0 Å². The molecule has 1 nitrogen and oxygen atoms in total. The minimum Gasteiger partial charge on any atom is -0.299 e. The predicted octanol–water partition coefficient (Wildman–Crippen LogP) is 2.35. The molecule has 3 unspecified atom stereocenters. The molecule has 2 bridgehead atoms. The zero-order valence-electron chi connectivity index (χ0n) is 7.87. The maximum Gasteiger partial charge on any atom is 0.140 e. The molecule has 3 atom stereocenters. The molecule has 0 aromatic carbocycles. The Bertz CT molecular complexity index is 234. The van der Waals surface area contributed by atoms with Crippen LogP contribution in [0, 0.1) is 23.7 Å². The normalized spacial score (nSPS) is 43.5. The standard InChI is InChI=1S/C11H16OS/c12-11(9-5-13-6-9)10-4-7-1-2-8(10)3-7/h7-10H,1-6H2. The number of Topliss-reactive ketones (excluding diaryl/α,β-unsaturated/α-hetero) is 1. The third-order valence-electron chi connectivity index (χ3n) is 4.14. The number of rotatable bonds is 2. The molecule has 13 heavy (non-hydrogen) atoms. The number of carbonyl (C=O) groups is 1. The molecule has 72 valence electrons. The molecule has 3 rings (SSSR count). The first-order valence-electron chi connectivity index (χ1n) is 5.46. The van der Waals surface area contributed by atoms with Crippen LogP contribution in [0.25, 0.3) is 0 Å². The maximum atomic E-state index is 12.0. The molecule has 0 aromatic rings. The van der Waals surface area contributed by atoms with Crippen LogP contribution in [0.1, 0.15) is 25.7 Å². The van der Waals surface area contributed by atoms with Gasteiger partial charge in [-0.15, -0.1) is 0 Å². The number of thioether (sulfide) groups is 1. The van der Waals surface area contributed by atoms with Crippen LogP contribution in [0.3, 0.4) is 0 Å². The van der Waals surface area contributed by atoms with E-state index >= 15 is 0 Å². The number of carbonyl (C=O) groups excluding carboxylic acids is 1. The van der Waals surface area contributed by atoms with Crippen molar-refractivity contribution in [3.8, 4) is 0 Å². The minimum atomic E-state index is 0.453. The lowest BCUT2D eigenvalue weighted by molar-refractivity contribution is -0.127. The fraction of sp³-hybridized carbons (Fsp3) is 0.909. The van der Waals surface area contributed by atoms with Crippen molar-refractivity contribution in [2.45, 2.75) is 25.7 Å². The fourth-order valence-corrected chi connectivity index (χ4v) is 4.10. The molecule has 0 aromatic heterocycles. The average molecular weight is 196 g/mol. The van der Waals surface area contributed by atoms with Crippen molar-refractivity contribution in [2.75, 3.05) is 11.5 Å². The van der Waals surface area contributed by atoms with Gasteiger partial charge in [-0.25, -0.2) is 0 Å². The molecule has 1 saturated heterocycles. The largest absolute Gasteiger partial charge is 0.299 e. The fourth-order valence-electron chi connectivity index (χ4n) is 3.30. The van der Waals surface area contributed by atoms with Crippen molar-refractivity contribution in [2.24, 2.45) is 23.7 Å². The Balaban J connectivity index is 1.68. The second-order valence-corrected chi connectivity index (χ2v) is 5.99. The van der Waals surface area contributed by atoms with Gasteiger partial charge in [-0.3, -0.25) is 4.79 Å². The highest BCUT2D eigenvalue weighted by atomic mass is 32.2. The zero-order chi connectivity index (χ0) is 8.84. The van der Waals surface area contributed by atoms with Gasteiger partial charge in [-0.1, -0.05) is 6.42 Å². The molecule has 2 aliphatic carbocycles. The summed E-state index contributed by atoms with van der Waals surface area (Å²) in [5.74, 6) is 5.53. The van der Waals surface area contributed by atoms with Crippen LogP contribution in [-0.2, 0) is 4.79 Å². The highest BCUT2D eigenvalue weighted by Crippen LogP contribution is 2.50. The summed E-state index contributed by atoms with van der Waals surface area (Å²) in [6.45, 7) is 0. The van der Waals surface area contributed by atoms with Crippen molar-refractivity contribution in [1.82, 2.24) is 0 Å². The van der Waals surface area contributed by atoms with Crippen LogP contribution < -0.4 is 0 Å². The molecule has 0 N–H and O–H groups in total. The van der Waals surface area contributed by atoms with Crippen LogP contribution in [0.15, 0.2) is 0 Å². The minimum absolute atomic E-state index is 0.453. The zero-order valence-corrected chi connectivity index (χ0v) is 8.69. The Labute approximate surface area is 83.7 Å². The Morgan fingerprint density at radius 2 is 2.00 bits per heavy atom. The van der Waals surface area contributed by atoms with E-state index in [-0.39, 0.29) is 0 Å². The third-order valence-corrected chi connectivity index (χ3v) is 5.42. The second kappa shape index (κ2) is 3.01. The smallest absolute Gasteiger partial charge is 0.140 e. The Morgan fingerprint density at radius 1 is 1.15 bits per heavy atom. The van der Waals surface area contributed by atoms with Gasteiger partial charge >= 0.3 is 0 Å². The van der Waals surface area contributed by atoms with Crippen LogP contribution in [0.2, 0.25) is 0 Å². The quantitative estimate of drug-likeness (QED) is 0.674. The summed E-state index contributed by atoms with van der Waals surface area (Å²) < 4.78 is 0. The molecule has 0 spiro atoms. The van der Waals surface area contributed by atoms with E-state index in [2.05, 4.69) is 0 Å². The van der Waals surface area contributed by atoms with Gasteiger partial charge in [-0.05, 0) is 31.1 Å². The summed E-state index contributed by atoms with van der Waals surface area (Å²) in [5, 5.41) is 0. The Morgan fingerprint density at radius 3 is 2.46 bits per heavy atom. The summed E-state index contributed by atoms with van der Waals surface area (Å²) in [4.78, 5) is 12.0. The monoisotopic (exact) mass is 196 g/mol. The van der Waals surface area contributed by atoms with Gasteiger partial charge in [0.1, 0.15) is 5.78 Å². The lowest BCUT2D eigenvalue weighted by atomic mass is 9.82. The van der Waals surface area contributed by atoms with Crippen LogP contribution in [0.4, 0.5) is 0 Å². The van der Waals surface area contributed by atoms with E-state index in [0.717, 1.165) is 23.3 Å². The number of hydrogen-bond donors (Lipinski definition) is 0. The van der Waals surface area contributed by atoms with E-state index in [1.807, 2.05) is 11.8 Å². The molecule has 1 heterocycles. The first kappa shape index (κ1) is 8.34. The Hall–Kier alpha value is 0.0200. The summed E-state index contributed by atoms with van der Waals surface area (Å²) in [5.41, 5.74) is 0. The first-order chi connectivity index (χ1) is 6.34. The molecule has 1 aliphatic heterocycles. The van der Waals surface area contributed by atoms with E-state index < -0.39 is 0 Å². The van der Waals surface area contributed by atoms with E-state index in [1.165, 1.54) is 25.7 Å². The second-order valence-electron chi connectivity index (χ2n) is 4.92. The molecular weight excluding hydrogens is 180 g/mol. The number of hydrogen-bond acceptors (Lipinski definition) is 2. The lowest BCUT2D eigenvalue weighted by Crippen LogP contribution is -2.35. The van der Waals surface area contributed by atoms with Crippen molar-refractivity contribution >= 4 is 17.5 Å². The first-order valence-corrected chi connectivity index (χ1v) is 6.61. The van der Waals surface area contributed by atoms with Crippen molar-refractivity contribution in [3.63, 3.8) is 0 Å². The topological polar surface area (TPSA) is 17.1 Å². The van der Waals surface area contributed by atoms with Crippen molar-refractivity contribution in [3.05, 3.63) is 0 Å². The molecule has 2 heteroatoms. The van der Waals surface area contributed by atoms with Crippen molar-refractivity contribution < 1.29 is 4.79 Å². The number of ketones is 1.